The lowest BCUT2D eigenvalue weighted by Crippen LogP contribution is -2.46. The van der Waals surface area contributed by atoms with Crippen LogP contribution in [0, 0.1) is 5.92 Å². The second-order valence-corrected chi connectivity index (χ2v) is 9.73. The molecule has 1 aliphatic heterocycles. The molecule has 2 aromatic heterocycles. The Kier molecular flexibility index (Phi) is 5.27. The maximum absolute atomic E-state index is 12.8. The summed E-state index contributed by atoms with van der Waals surface area (Å²) in [7, 11) is 2.08. The zero-order valence-corrected chi connectivity index (χ0v) is 18.6. The Bertz CT molecular complexity index is 1080. The predicted molar refractivity (Wildman–Crippen MR) is 121 cm³/mol. The van der Waals surface area contributed by atoms with Gasteiger partial charge in [-0.15, -0.1) is 11.3 Å². The Labute approximate surface area is 185 Å². The van der Waals surface area contributed by atoms with Crippen molar-refractivity contribution in [2.24, 2.45) is 5.92 Å². The van der Waals surface area contributed by atoms with Crippen molar-refractivity contribution in [2.45, 2.75) is 25.3 Å². The van der Waals surface area contributed by atoms with Gasteiger partial charge in [0.2, 0.25) is 5.91 Å². The summed E-state index contributed by atoms with van der Waals surface area (Å²) >= 11 is 1.48. The van der Waals surface area contributed by atoms with Gasteiger partial charge in [0.25, 0.3) is 5.91 Å². The molecule has 162 valence electrons. The van der Waals surface area contributed by atoms with E-state index in [0.29, 0.717) is 0 Å². The van der Waals surface area contributed by atoms with Crippen molar-refractivity contribution in [1.29, 1.82) is 0 Å². The molecule has 2 aliphatic rings. The highest BCUT2D eigenvalue weighted by Gasteiger charge is 2.46. The largest absolute Gasteiger partial charge is 0.349 e. The number of likely N-dealkylation sites (N-methyl/N-ethyl adjacent to an activating group) is 1. The minimum Gasteiger partial charge on any atom is -0.349 e. The van der Waals surface area contributed by atoms with E-state index in [1.807, 2.05) is 48.2 Å². The van der Waals surface area contributed by atoms with Crippen molar-refractivity contribution in [1.82, 2.24) is 25.1 Å². The second-order valence-electron chi connectivity index (χ2n) is 8.62. The second kappa shape index (κ2) is 8.09. The molecule has 1 saturated carbocycles. The number of para-hydroxylation sites is 2. The van der Waals surface area contributed by atoms with Gasteiger partial charge in [-0.2, -0.15) is 0 Å². The smallest absolute Gasteiger partial charge is 0.264 e. The third-order valence-electron chi connectivity index (χ3n) is 6.30. The van der Waals surface area contributed by atoms with E-state index < -0.39 is 0 Å². The number of piperazine rings is 1. The number of nitrogens with one attached hydrogen (secondary N) is 2. The van der Waals surface area contributed by atoms with E-state index in [4.69, 9.17) is 0 Å². The summed E-state index contributed by atoms with van der Waals surface area (Å²) in [4.78, 5) is 39.4. The number of carbonyl (C=O) groups is 2. The Morgan fingerprint density at radius 2 is 1.94 bits per heavy atom. The van der Waals surface area contributed by atoms with Crippen molar-refractivity contribution in [3.8, 4) is 0 Å². The van der Waals surface area contributed by atoms with E-state index in [-0.39, 0.29) is 29.7 Å². The quantitative estimate of drug-likeness (QED) is 0.643. The molecule has 0 spiro atoms. The Balaban J connectivity index is 1.18. The van der Waals surface area contributed by atoms with Gasteiger partial charge in [0.15, 0.2) is 0 Å². The first-order valence-electron chi connectivity index (χ1n) is 10.8. The molecular formula is C23H27N5O2S. The van der Waals surface area contributed by atoms with Gasteiger partial charge < -0.3 is 20.1 Å². The van der Waals surface area contributed by atoms with Crippen LogP contribution in [0.3, 0.4) is 0 Å². The average molecular weight is 438 g/mol. The highest BCUT2D eigenvalue weighted by atomic mass is 32.1. The molecule has 2 N–H and O–H groups in total. The molecule has 1 aromatic carbocycles. The van der Waals surface area contributed by atoms with E-state index in [9.17, 15) is 9.59 Å². The maximum atomic E-state index is 12.8. The molecule has 7 nitrogen and oxygen atoms in total. The average Bonchev–Trinajstić information content (AvgIpc) is 3.21. The number of aromatic nitrogens is 2. The maximum Gasteiger partial charge on any atom is 0.264 e. The molecule has 3 aromatic rings. The molecule has 5 rings (SSSR count). The normalized spacial score (nSPS) is 22.5. The number of fused-ring (bicyclic) bond motifs is 1. The first kappa shape index (κ1) is 20.2. The van der Waals surface area contributed by atoms with Gasteiger partial charge in [0.1, 0.15) is 5.82 Å². The van der Waals surface area contributed by atoms with E-state index in [1.54, 1.807) is 0 Å². The molecule has 1 aliphatic carbocycles. The molecule has 3 atom stereocenters. The number of aromatic amines is 1. The first-order chi connectivity index (χ1) is 15.0. The Morgan fingerprint density at radius 1 is 1.16 bits per heavy atom. The molecule has 3 unspecified atom stereocenters. The number of H-pyrrole nitrogens is 1. The Morgan fingerprint density at radius 3 is 2.71 bits per heavy atom. The zero-order chi connectivity index (χ0) is 21.5. The van der Waals surface area contributed by atoms with Crippen molar-refractivity contribution < 1.29 is 9.59 Å². The number of thiophene rings is 1. The van der Waals surface area contributed by atoms with Crippen LogP contribution in [0.4, 0.5) is 0 Å². The fourth-order valence-electron chi connectivity index (χ4n) is 4.19. The lowest BCUT2D eigenvalue weighted by atomic mass is 10.2. The third kappa shape index (κ3) is 4.09. The molecule has 2 amide bonds. The summed E-state index contributed by atoms with van der Waals surface area (Å²) in [6, 6.07) is 11.7. The topological polar surface area (TPSA) is 81.3 Å². The molecule has 0 bridgehead atoms. The number of benzene rings is 1. The monoisotopic (exact) mass is 437 g/mol. The van der Waals surface area contributed by atoms with Crippen LogP contribution in [0.5, 0.6) is 0 Å². The molecule has 3 heterocycles. The van der Waals surface area contributed by atoms with Crippen molar-refractivity contribution in [2.75, 3.05) is 33.2 Å². The van der Waals surface area contributed by atoms with Crippen LogP contribution in [0.25, 0.3) is 11.0 Å². The van der Waals surface area contributed by atoms with Gasteiger partial charge in [-0.05, 0) is 44.7 Å². The molecule has 31 heavy (non-hydrogen) atoms. The number of imidazole rings is 1. The SMILES string of the molecule is CC(NC(=O)C1CC1c1nc2ccccc2[nH]1)c1ccc(C(=O)N2CCN(C)CC2)s1. The van der Waals surface area contributed by atoms with Gasteiger partial charge in [-0.1, -0.05) is 12.1 Å². The first-order valence-corrected chi connectivity index (χ1v) is 11.6. The van der Waals surface area contributed by atoms with Crippen LogP contribution >= 0.6 is 11.3 Å². The highest BCUT2D eigenvalue weighted by Crippen LogP contribution is 2.47. The van der Waals surface area contributed by atoms with Crippen LogP contribution in [0.2, 0.25) is 0 Å². The standard InChI is InChI=1S/C23H27N5O2S/c1-14(19-7-8-20(31-19)23(30)28-11-9-27(2)10-12-28)24-22(29)16-13-15(16)21-25-17-5-3-4-6-18(17)26-21/h3-8,14-16H,9-13H2,1-2H3,(H,24,29)(H,25,26). The molecule has 1 saturated heterocycles. The van der Waals surface area contributed by atoms with E-state index in [1.165, 1.54) is 11.3 Å². The minimum atomic E-state index is -0.122. The van der Waals surface area contributed by atoms with E-state index in [2.05, 4.69) is 27.2 Å². The molecular weight excluding hydrogens is 410 g/mol. The van der Waals surface area contributed by atoms with Gasteiger partial charge in [-0.25, -0.2) is 4.98 Å². The lowest BCUT2D eigenvalue weighted by molar-refractivity contribution is -0.123. The number of hydrogen-bond acceptors (Lipinski definition) is 5. The summed E-state index contributed by atoms with van der Waals surface area (Å²) in [5, 5.41) is 3.13. The molecule has 8 heteroatoms. The summed E-state index contributed by atoms with van der Waals surface area (Å²) in [6.45, 7) is 5.32. The van der Waals surface area contributed by atoms with Crippen molar-refractivity contribution in [3.05, 3.63) is 52.0 Å². The van der Waals surface area contributed by atoms with E-state index in [0.717, 1.165) is 59.2 Å². The Hall–Kier alpha value is -2.71. The summed E-state index contributed by atoms with van der Waals surface area (Å²) < 4.78 is 0. The van der Waals surface area contributed by atoms with Gasteiger partial charge >= 0.3 is 0 Å². The summed E-state index contributed by atoms with van der Waals surface area (Å²) in [6.07, 6.45) is 0.815. The van der Waals surface area contributed by atoms with Gasteiger partial charge in [0.05, 0.1) is 22.0 Å². The fourth-order valence-corrected chi connectivity index (χ4v) is 5.17. The van der Waals surface area contributed by atoms with Crippen LogP contribution in [-0.2, 0) is 4.79 Å². The van der Waals surface area contributed by atoms with Crippen LogP contribution in [0.1, 0.15) is 45.7 Å². The van der Waals surface area contributed by atoms with Crippen molar-refractivity contribution >= 4 is 34.2 Å². The van der Waals surface area contributed by atoms with Crippen molar-refractivity contribution in [3.63, 3.8) is 0 Å². The molecule has 2 fully saturated rings. The van der Waals surface area contributed by atoms with Crippen LogP contribution < -0.4 is 5.32 Å². The number of hydrogen-bond donors (Lipinski definition) is 2. The van der Waals surface area contributed by atoms with Crippen LogP contribution in [-0.4, -0.2) is 64.8 Å². The highest BCUT2D eigenvalue weighted by molar-refractivity contribution is 7.14. The zero-order valence-electron chi connectivity index (χ0n) is 17.8. The third-order valence-corrected chi connectivity index (χ3v) is 7.56. The number of amides is 2. The summed E-state index contributed by atoms with van der Waals surface area (Å²) in [5.41, 5.74) is 1.95. The van der Waals surface area contributed by atoms with Gasteiger partial charge in [0, 0.05) is 42.9 Å². The number of carbonyl (C=O) groups excluding carboxylic acids is 2. The number of nitrogens with zero attached hydrogens (tertiary/aromatic N) is 3. The lowest BCUT2D eigenvalue weighted by Gasteiger charge is -2.32. The molecule has 0 radical (unpaired) electrons. The summed E-state index contributed by atoms with van der Waals surface area (Å²) in [5.74, 6) is 1.14. The van der Waals surface area contributed by atoms with Crippen LogP contribution in [0.15, 0.2) is 36.4 Å². The fraction of sp³-hybridized carbons (Fsp3) is 0.435. The number of rotatable bonds is 5. The van der Waals surface area contributed by atoms with E-state index >= 15 is 0 Å². The predicted octanol–water partition coefficient (Wildman–Crippen LogP) is 2.99. The van der Waals surface area contributed by atoms with Gasteiger partial charge in [-0.3, -0.25) is 9.59 Å². The minimum absolute atomic E-state index is 0.0468.